The highest BCUT2D eigenvalue weighted by atomic mass is 32.1. The third-order valence-corrected chi connectivity index (χ3v) is 2.50. The molecular weight excluding hydrogens is 268 g/mol. The molecule has 0 spiro atoms. The number of hydrogen-bond acceptors (Lipinski definition) is 4. The maximum Gasteiger partial charge on any atom is 0.184 e. The van der Waals surface area contributed by atoms with Gasteiger partial charge in [0.15, 0.2) is 5.11 Å². The molecule has 0 bridgehead atoms. The van der Waals surface area contributed by atoms with Crippen LogP contribution in [0.3, 0.4) is 0 Å². The van der Waals surface area contributed by atoms with Crippen molar-refractivity contribution in [2.45, 2.75) is 6.92 Å². The first-order chi connectivity index (χ1) is 8.52. The van der Waals surface area contributed by atoms with Gasteiger partial charge < -0.3 is 15.8 Å². The van der Waals surface area contributed by atoms with Crippen LogP contribution in [0.2, 0.25) is 0 Å². The Hall–Kier alpha value is -1.73. The van der Waals surface area contributed by atoms with Crippen molar-refractivity contribution >= 4 is 45.9 Å². The van der Waals surface area contributed by atoms with E-state index in [0.717, 1.165) is 11.4 Å². The second-order valence-corrected chi connectivity index (χ2v) is 4.20. The third kappa shape index (κ3) is 4.64. The van der Waals surface area contributed by atoms with Crippen LogP contribution in [-0.4, -0.2) is 22.9 Å². The number of ether oxygens (including phenoxy) is 1. The third-order valence-electron chi connectivity index (χ3n) is 2.01. The SMILES string of the molecule is COc1ccc(NC(=S)/C(C)=N\NC(N)=S)cc1. The lowest BCUT2D eigenvalue weighted by molar-refractivity contribution is 0.415. The average Bonchev–Trinajstić information content (AvgIpc) is 2.36. The standard InChI is InChI=1S/C11H14N4OS2/c1-7(14-15-11(12)18)10(17)13-8-3-5-9(16-2)6-4-8/h3-6H,1-2H3,(H,13,17)(H3,12,15,18)/b14-7-. The Morgan fingerprint density at radius 1 is 1.28 bits per heavy atom. The normalized spacial score (nSPS) is 10.7. The predicted octanol–water partition coefficient (Wildman–Crippen LogP) is 1.64. The van der Waals surface area contributed by atoms with Crippen LogP contribution in [0.5, 0.6) is 5.75 Å². The second-order valence-electron chi connectivity index (χ2n) is 3.36. The molecule has 7 heteroatoms. The van der Waals surface area contributed by atoms with Crippen LogP contribution in [0, 0.1) is 0 Å². The summed E-state index contributed by atoms with van der Waals surface area (Å²) in [5.41, 5.74) is 9.18. The number of hydrogen-bond donors (Lipinski definition) is 3. The number of hydrazone groups is 1. The molecule has 0 aliphatic heterocycles. The summed E-state index contributed by atoms with van der Waals surface area (Å²) >= 11 is 9.81. The van der Waals surface area contributed by atoms with Gasteiger partial charge in [-0.2, -0.15) is 5.10 Å². The van der Waals surface area contributed by atoms with E-state index in [9.17, 15) is 0 Å². The van der Waals surface area contributed by atoms with Gasteiger partial charge in [-0.05, 0) is 43.4 Å². The molecule has 0 aliphatic carbocycles. The van der Waals surface area contributed by atoms with E-state index in [1.165, 1.54) is 0 Å². The largest absolute Gasteiger partial charge is 0.497 e. The van der Waals surface area contributed by atoms with Gasteiger partial charge in [-0.25, -0.2) is 0 Å². The Morgan fingerprint density at radius 3 is 2.39 bits per heavy atom. The van der Waals surface area contributed by atoms with E-state index in [2.05, 4.69) is 28.1 Å². The molecule has 0 aliphatic rings. The monoisotopic (exact) mass is 282 g/mol. The fourth-order valence-electron chi connectivity index (χ4n) is 1.09. The van der Waals surface area contributed by atoms with Gasteiger partial charge in [0, 0.05) is 5.69 Å². The Kier molecular flexibility index (Phi) is 5.47. The van der Waals surface area contributed by atoms with Crippen molar-refractivity contribution < 1.29 is 4.74 Å². The lowest BCUT2D eigenvalue weighted by Gasteiger charge is -2.08. The smallest absolute Gasteiger partial charge is 0.184 e. The molecule has 0 fully saturated rings. The lowest BCUT2D eigenvalue weighted by Crippen LogP contribution is -2.28. The van der Waals surface area contributed by atoms with Gasteiger partial charge in [-0.1, -0.05) is 12.2 Å². The van der Waals surface area contributed by atoms with E-state index in [4.69, 9.17) is 22.7 Å². The summed E-state index contributed by atoms with van der Waals surface area (Å²) in [4.78, 5) is 0.490. The number of benzene rings is 1. The molecule has 0 saturated carbocycles. The molecule has 18 heavy (non-hydrogen) atoms. The van der Waals surface area contributed by atoms with Gasteiger partial charge >= 0.3 is 0 Å². The Bertz CT molecular complexity index is 470. The summed E-state index contributed by atoms with van der Waals surface area (Å²) in [5, 5.41) is 7.06. The first kappa shape index (κ1) is 14.3. The van der Waals surface area contributed by atoms with Gasteiger partial charge in [0.05, 0.1) is 12.8 Å². The van der Waals surface area contributed by atoms with Crippen molar-refractivity contribution in [2.75, 3.05) is 12.4 Å². The summed E-state index contributed by atoms with van der Waals surface area (Å²) in [6.07, 6.45) is 0. The molecule has 0 radical (unpaired) electrons. The van der Waals surface area contributed by atoms with Crippen molar-refractivity contribution in [1.29, 1.82) is 0 Å². The van der Waals surface area contributed by atoms with E-state index in [1.54, 1.807) is 14.0 Å². The summed E-state index contributed by atoms with van der Waals surface area (Å²) < 4.78 is 5.06. The van der Waals surface area contributed by atoms with E-state index >= 15 is 0 Å². The molecule has 5 nitrogen and oxygen atoms in total. The van der Waals surface area contributed by atoms with Crippen LogP contribution in [0.1, 0.15) is 6.92 Å². The fraction of sp³-hybridized carbons (Fsp3) is 0.182. The number of nitrogens with zero attached hydrogens (tertiary/aromatic N) is 1. The highest BCUT2D eigenvalue weighted by molar-refractivity contribution is 7.82. The topological polar surface area (TPSA) is 71.7 Å². The van der Waals surface area contributed by atoms with Crippen LogP contribution < -0.4 is 21.2 Å². The van der Waals surface area contributed by atoms with Crippen LogP contribution in [0.4, 0.5) is 5.69 Å². The highest BCUT2D eigenvalue weighted by Gasteiger charge is 2.02. The molecule has 0 unspecified atom stereocenters. The minimum Gasteiger partial charge on any atom is -0.497 e. The van der Waals surface area contributed by atoms with E-state index in [1.807, 2.05) is 24.3 Å². The zero-order chi connectivity index (χ0) is 13.5. The summed E-state index contributed by atoms with van der Waals surface area (Å²) in [5.74, 6) is 0.784. The molecule has 0 heterocycles. The fourth-order valence-corrected chi connectivity index (χ4v) is 1.29. The van der Waals surface area contributed by atoms with Crippen LogP contribution in [0.15, 0.2) is 29.4 Å². The summed E-state index contributed by atoms with van der Waals surface area (Å²) in [7, 11) is 1.62. The van der Waals surface area contributed by atoms with E-state index in [0.29, 0.717) is 10.7 Å². The highest BCUT2D eigenvalue weighted by Crippen LogP contribution is 2.15. The molecule has 0 aromatic heterocycles. The maximum atomic E-state index is 5.26. The number of nitrogens with one attached hydrogen (secondary N) is 2. The van der Waals surface area contributed by atoms with Gasteiger partial charge in [0.2, 0.25) is 0 Å². The Labute approximate surface area is 116 Å². The summed E-state index contributed by atoms with van der Waals surface area (Å²) in [6.45, 7) is 1.75. The predicted molar refractivity (Wildman–Crippen MR) is 82.2 cm³/mol. The van der Waals surface area contributed by atoms with Crippen LogP contribution in [0.25, 0.3) is 0 Å². The minimum absolute atomic E-state index is 0.0987. The van der Waals surface area contributed by atoms with E-state index < -0.39 is 0 Å². The zero-order valence-corrected chi connectivity index (χ0v) is 11.7. The Balaban J connectivity index is 2.63. The molecule has 0 amide bonds. The molecule has 1 aromatic rings. The lowest BCUT2D eigenvalue weighted by atomic mass is 10.3. The molecule has 1 rings (SSSR count). The number of thiocarbonyl (C=S) groups is 2. The molecule has 0 atom stereocenters. The van der Waals surface area contributed by atoms with Crippen molar-refractivity contribution in [3.63, 3.8) is 0 Å². The van der Waals surface area contributed by atoms with Crippen LogP contribution in [-0.2, 0) is 0 Å². The molecule has 96 valence electrons. The minimum atomic E-state index is 0.0987. The Morgan fingerprint density at radius 2 is 1.89 bits per heavy atom. The van der Waals surface area contributed by atoms with Gasteiger partial charge in [-0.15, -0.1) is 0 Å². The van der Waals surface area contributed by atoms with Crippen molar-refractivity contribution in [2.24, 2.45) is 10.8 Å². The number of nitrogens with two attached hydrogens (primary N) is 1. The quantitative estimate of drug-likeness (QED) is 0.443. The number of anilines is 1. The first-order valence-corrected chi connectivity index (χ1v) is 5.89. The van der Waals surface area contributed by atoms with E-state index in [-0.39, 0.29) is 5.11 Å². The first-order valence-electron chi connectivity index (χ1n) is 5.08. The van der Waals surface area contributed by atoms with Gasteiger partial charge in [0.1, 0.15) is 10.7 Å². The molecule has 0 saturated heterocycles. The van der Waals surface area contributed by atoms with Gasteiger partial charge in [0.25, 0.3) is 0 Å². The van der Waals surface area contributed by atoms with Crippen LogP contribution >= 0.6 is 24.4 Å². The maximum absolute atomic E-state index is 5.26. The summed E-state index contributed by atoms with van der Waals surface area (Å²) in [6, 6.07) is 7.40. The molecular formula is C11H14N4OS2. The van der Waals surface area contributed by atoms with Gasteiger partial charge in [-0.3, -0.25) is 5.43 Å². The molecule has 4 N–H and O–H groups in total. The number of methoxy groups -OCH3 is 1. The van der Waals surface area contributed by atoms with Crippen molar-refractivity contribution in [3.8, 4) is 5.75 Å². The number of rotatable bonds is 4. The van der Waals surface area contributed by atoms with Crippen molar-refractivity contribution in [1.82, 2.24) is 5.43 Å². The zero-order valence-electron chi connectivity index (χ0n) is 10.1. The average molecular weight is 282 g/mol. The molecule has 1 aromatic carbocycles. The second kappa shape index (κ2) is 6.87. The van der Waals surface area contributed by atoms with Crippen molar-refractivity contribution in [3.05, 3.63) is 24.3 Å².